The van der Waals surface area contributed by atoms with E-state index in [9.17, 15) is 4.79 Å². The Morgan fingerprint density at radius 1 is 1.24 bits per heavy atom. The number of hydrogen-bond acceptors (Lipinski definition) is 2. The minimum Gasteiger partial charge on any atom is -0.314 e. The van der Waals surface area contributed by atoms with E-state index in [1.807, 2.05) is 35.2 Å². The van der Waals surface area contributed by atoms with Crippen LogP contribution in [0.15, 0.2) is 42.5 Å². The van der Waals surface area contributed by atoms with Crippen molar-refractivity contribution in [2.75, 3.05) is 18.0 Å². The molecule has 25 heavy (non-hydrogen) atoms. The van der Waals surface area contributed by atoms with Crippen LogP contribution in [0.3, 0.4) is 0 Å². The van der Waals surface area contributed by atoms with Crippen LogP contribution >= 0.6 is 22.6 Å². The summed E-state index contributed by atoms with van der Waals surface area (Å²) < 4.78 is 1.33. The molecule has 0 saturated heterocycles. The van der Waals surface area contributed by atoms with Gasteiger partial charge >= 0.3 is 0 Å². The molecule has 2 atom stereocenters. The van der Waals surface area contributed by atoms with Crippen LogP contribution in [0.4, 0.5) is 5.69 Å². The highest BCUT2D eigenvalue weighted by Crippen LogP contribution is 2.46. The lowest BCUT2D eigenvalue weighted by atomic mass is 9.81. The van der Waals surface area contributed by atoms with Gasteiger partial charge in [0, 0.05) is 33.3 Å². The number of rotatable bonds is 4. The van der Waals surface area contributed by atoms with E-state index in [1.165, 1.54) is 14.7 Å². The van der Waals surface area contributed by atoms with Gasteiger partial charge in [-0.1, -0.05) is 25.1 Å². The molecule has 1 aliphatic heterocycles. The summed E-state index contributed by atoms with van der Waals surface area (Å²) in [4.78, 5) is 15.0. The molecule has 130 valence electrons. The van der Waals surface area contributed by atoms with Crippen molar-refractivity contribution in [3.05, 3.63) is 62.7 Å². The Morgan fingerprint density at radius 2 is 2.04 bits per heavy atom. The van der Waals surface area contributed by atoms with Crippen LogP contribution in [-0.2, 0) is 6.42 Å². The number of nitrogens with zero attached hydrogens (tertiary/aromatic N) is 1. The maximum Gasteiger partial charge on any atom is 0.258 e. The van der Waals surface area contributed by atoms with Gasteiger partial charge in [-0.3, -0.25) is 4.79 Å². The number of benzene rings is 2. The molecule has 0 fully saturated rings. The van der Waals surface area contributed by atoms with Crippen LogP contribution in [0, 0.1) is 3.57 Å². The largest absolute Gasteiger partial charge is 0.314 e. The fourth-order valence-electron chi connectivity index (χ4n) is 4.23. The SMILES string of the molecule is CCCNC1Cc2c(I)ccc3c2C(C1)CN3C(=O)c1ccccc1. The molecule has 0 spiro atoms. The van der Waals surface area contributed by atoms with Crippen molar-refractivity contribution in [1.82, 2.24) is 5.32 Å². The Bertz CT molecular complexity index is 790. The molecule has 2 aromatic carbocycles. The topological polar surface area (TPSA) is 32.3 Å². The van der Waals surface area contributed by atoms with Crippen LogP contribution in [0.1, 0.15) is 47.2 Å². The van der Waals surface area contributed by atoms with Crippen molar-refractivity contribution < 1.29 is 4.79 Å². The van der Waals surface area contributed by atoms with Gasteiger partial charge in [-0.25, -0.2) is 0 Å². The van der Waals surface area contributed by atoms with Crippen LogP contribution in [0.25, 0.3) is 0 Å². The van der Waals surface area contributed by atoms with E-state index in [0.29, 0.717) is 12.0 Å². The second kappa shape index (κ2) is 7.08. The van der Waals surface area contributed by atoms with Gasteiger partial charge in [0.05, 0.1) is 0 Å². The van der Waals surface area contributed by atoms with Crippen molar-refractivity contribution in [1.29, 1.82) is 0 Å². The van der Waals surface area contributed by atoms with Crippen molar-refractivity contribution in [3.63, 3.8) is 0 Å². The summed E-state index contributed by atoms with van der Waals surface area (Å²) in [7, 11) is 0. The van der Waals surface area contributed by atoms with Crippen LogP contribution in [-0.4, -0.2) is 25.0 Å². The number of anilines is 1. The van der Waals surface area contributed by atoms with Gasteiger partial charge in [0.1, 0.15) is 0 Å². The molecule has 1 heterocycles. The Balaban J connectivity index is 1.68. The summed E-state index contributed by atoms with van der Waals surface area (Å²) in [5.74, 6) is 0.576. The van der Waals surface area contributed by atoms with Crippen molar-refractivity contribution in [2.24, 2.45) is 0 Å². The van der Waals surface area contributed by atoms with E-state index in [4.69, 9.17) is 0 Å². The molecule has 0 radical (unpaired) electrons. The van der Waals surface area contributed by atoms with Crippen LogP contribution in [0.2, 0.25) is 0 Å². The molecule has 1 amide bonds. The van der Waals surface area contributed by atoms with Gasteiger partial charge in [0.2, 0.25) is 0 Å². The zero-order chi connectivity index (χ0) is 17.4. The number of halogens is 1. The summed E-state index contributed by atoms with van der Waals surface area (Å²) in [6.45, 7) is 4.08. The minimum absolute atomic E-state index is 0.122. The Hall–Kier alpha value is -1.40. The highest BCUT2D eigenvalue weighted by atomic mass is 127. The smallest absolute Gasteiger partial charge is 0.258 e. The summed E-state index contributed by atoms with van der Waals surface area (Å²) in [5.41, 5.74) is 4.77. The molecule has 0 bridgehead atoms. The standard InChI is InChI=1S/C21H23IN2O/c1-2-10-23-16-11-15-13-24(21(25)14-6-4-3-5-7-14)19-9-8-18(22)17(12-16)20(15)19/h3-9,15-16,23H,2,10-13H2,1H3. The average molecular weight is 446 g/mol. The van der Waals surface area contributed by atoms with E-state index in [2.05, 4.69) is 47.0 Å². The lowest BCUT2D eigenvalue weighted by molar-refractivity contribution is 0.0987. The first-order valence-electron chi connectivity index (χ1n) is 9.10. The molecule has 4 heteroatoms. The van der Waals surface area contributed by atoms with Gasteiger partial charge in [-0.2, -0.15) is 0 Å². The predicted octanol–water partition coefficient (Wildman–Crippen LogP) is 4.35. The fraction of sp³-hybridized carbons (Fsp3) is 0.381. The molecular weight excluding hydrogens is 423 g/mol. The molecule has 1 aliphatic carbocycles. The van der Waals surface area contributed by atoms with E-state index in [0.717, 1.165) is 43.6 Å². The number of hydrogen-bond donors (Lipinski definition) is 1. The first kappa shape index (κ1) is 17.0. The maximum absolute atomic E-state index is 13.0. The third-order valence-electron chi connectivity index (χ3n) is 5.35. The Morgan fingerprint density at radius 3 is 2.80 bits per heavy atom. The summed E-state index contributed by atoms with van der Waals surface area (Å²) >= 11 is 2.45. The molecule has 3 nitrogen and oxygen atoms in total. The van der Waals surface area contributed by atoms with E-state index in [-0.39, 0.29) is 5.91 Å². The second-order valence-corrected chi connectivity index (χ2v) is 8.19. The number of nitrogens with one attached hydrogen (secondary N) is 1. The van der Waals surface area contributed by atoms with Crippen molar-refractivity contribution >= 4 is 34.2 Å². The number of carbonyl (C=O) groups excluding carboxylic acids is 1. The zero-order valence-electron chi connectivity index (χ0n) is 14.5. The summed E-state index contributed by atoms with van der Waals surface area (Å²) in [6, 6.07) is 14.5. The number of amides is 1. The van der Waals surface area contributed by atoms with Crippen molar-refractivity contribution in [2.45, 2.75) is 38.1 Å². The quantitative estimate of drug-likeness (QED) is 0.709. The van der Waals surface area contributed by atoms with Crippen LogP contribution < -0.4 is 10.2 Å². The maximum atomic E-state index is 13.0. The molecule has 0 saturated carbocycles. The molecule has 2 aliphatic rings. The molecule has 4 rings (SSSR count). The molecule has 2 unspecified atom stereocenters. The zero-order valence-corrected chi connectivity index (χ0v) is 16.6. The highest BCUT2D eigenvalue weighted by Gasteiger charge is 2.39. The van der Waals surface area contributed by atoms with Gasteiger partial charge in [0.15, 0.2) is 0 Å². The fourth-order valence-corrected chi connectivity index (χ4v) is 4.92. The normalized spacial score (nSPS) is 21.3. The monoisotopic (exact) mass is 446 g/mol. The predicted molar refractivity (Wildman–Crippen MR) is 110 cm³/mol. The first-order valence-corrected chi connectivity index (χ1v) is 10.2. The van der Waals surface area contributed by atoms with Crippen LogP contribution in [0.5, 0.6) is 0 Å². The minimum atomic E-state index is 0.122. The highest BCUT2D eigenvalue weighted by molar-refractivity contribution is 14.1. The average Bonchev–Trinajstić information content (AvgIpc) is 3.02. The second-order valence-electron chi connectivity index (χ2n) is 7.03. The molecule has 0 aromatic heterocycles. The molecule has 1 N–H and O–H groups in total. The van der Waals surface area contributed by atoms with Crippen molar-refractivity contribution in [3.8, 4) is 0 Å². The lowest BCUT2D eigenvalue weighted by Gasteiger charge is -2.30. The van der Waals surface area contributed by atoms with Gasteiger partial charge in [-0.15, -0.1) is 0 Å². The van der Waals surface area contributed by atoms with E-state index >= 15 is 0 Å². The Kier molecular flexibility index (Phi) is 4.82. The van der Waals surface area contributed by atoms with E-state index < -0.39 is 0 Å². The third kappa shape index (κ3) is 3.10. The third-order valence-corrected chi connectivity index (χ3v) is 6.36. The summed E-state index contributed by atoms with van der Waals surface area (Å²) in [5, 5.41) is 3.70. The Labute approximate surface area is 162 Å². The molecule has 2 aromatic rings. The molecular formula is C21H23IN2O. The first-order chi connectivity index (χ1) is 12.2. The summed E-state index contributed by atoms with van der Waals surface area (Å²) in [6.07, 6.45) is 3.35. The lowest BCUT2D eigenvalue weighted by Crippen LogP contribution is -2.37. The van der Waals surface area contributed by atoms with Gasteiger partial charge < -0.3 is 10.2 Å². The van der Waals surface area contributed by atoms with Gasteiger partial charge in [0.25, 0.3) is 5.91 Å². The number of carbonyl (C=O) groups is 1. The van der Waals surface area contributed by atoms with E-state index in [1.54, 1.807) is 0 Å². The van der Waals surface area contributed by atoms with Gasteiger partial charge in [-0.05, 0) is 83.8 Å².